The summed E-state index contributed by atoms with van der Waals surface area (Å²) >= 11 is 0. The summed E-state index contributed by atoms with van der Waals surface area (Å²) in [6.45, 7) is 7.65. The highest BCUT2D eigenvalue weighted by Gasteiger charge is 2.51. The zero-order valence-corrected chi connectivity index (χ0v) is 15.6. The van der Waals surface area contributed by atoms with Crippen molar-refractivity contribution in [3.05, 3.63) is 66.2 Å². The molecule has 2 nitrogen and oxygen atoms in total. The Morgan fingerprint density at radius 2 is 1.31 bits per heavy atom. The maximum Gasteiger partial charge on any atom is 0.462 e. The lowest BCUT2D eigenvalue weighted by Gasteiger charge is -2.32. The molecule has 0 N–H and O–H groups in total. The zero-order chi connectivity index (χ0) is 18.9. The lowest BCUT2D eigenvalue weighted by Crippen LogP contribution is -2.41. The van der Waals surface area contributed by atoms with Gasteiger partial charge in [0.1, 0.15) is 0 Å². The molecule has 5 heteroatoms. The molecule has 2 aromatic carbocycles. The summed E-state index contributed by atoms with van der Waals surface area (Å²) in [6.07, 6.45) is -1.69. The second-order valence-electron chi connectivity index (χ2n) is 7.57. The highest BCUT2D eigenvalue weighted by Crippen LogP contribution is 2.40. The average Bonchev–Trinajstić information content (AvgIpc) is 2.80. The van der Waals surface area contributed by atoms with Gasteiger partial charge < -0.3 is 9.31 Å². The number of rotatable bonds is 4. The van der Waals surface area contributed by atoms with Gasteiger partial charge in [0.25, 0.3) is 6.08 Å². The molecule has 0 atom stereocenters. The van der Waals surface area contributed by atoms with E-state index >= 15 is 0 Å². The van der Waals surface area contributed by atoms with Crippen molar-refractivity contribution in [3.8, 4) is 11.1 Å². The largest absolute Gasteiger partial charge is 0.462 e. The van der Waals surface area contributed by atoms with Gasteiger partial charge in [-0.1, -0.05) is 54.6 Å². The number of hydrogen-bond donors (Lipinski definition) is 0. The van der Waals surface area contributed by atoms with Crippen molar-refractivity contribution in [2.24, 2.45) is 0 Å². The van der Waals surface area contributed by atoms with Gasteiger partial charge in [0.05, 0.1) is 11.2 Å². The van der Waals surface area contributed by atoms with Gasteiger partial charge in [0, 0.05) is 11.9 Å². The Bertz CT molecular complexity index is 779. The predicted molar refractivity (Wildman–Crippen MR) is 102 cm³/mol. The van der Waals surface area contributed by atoms with E-state index in [1.165, 1.54) is 0 Å². The summed E-state index contributed by atoms with van der Waals surface area (Å²) in [5.41, 5.74) is 1.42. The quantitative estimate of drug-likeness (QED) is 0.621. The predicted octanol–water partition coefficient (Wildman–Crippen LogP) is 6.05. The normalized spacial score (nSPS) is 18.0. The van der Waals surface area contributed by atoms with Crippen LogP contribution in [0.2, 0.25) is 6.32 Å². The van der Waals surface area contributed by atoms with Crippen molar-refractivity contribution in [1.82, 2.24) is 0 Å². The van der Waals surface area contributed by atoms with E-state index in [0.29, 0.717) is 5.56 Å². The third-order valence-corrected chi connectivity index (χ3v) is 5.24. The van der Waals surface area contributed by atoms with Gasteiger partial charge in [-0.25, -0.2) is 0 Å². The van der Waals surface area contributed by atoms with Crippen molar-refractivity contribution < 1.29 is 18.1 Å². The molecule has 0 radical (unpaired) electrons. The van der Waals surface area contributed by atoms with Crippen molar-refractivity contribution >= 4 is 12.7 Å². The van der Waals surface area contributed by atoms with Crippen LogP contribution in [0.3, 0.4) is 0 Å². The van der Waals surface area contributed by atoms with Crippen molar-refractivity contribution in [2.75, 3.05) is 0 Å². The molecule has 1 aliphatic rings. The molecule has 0 spiro atoms. The molecule has 0 unspecified atom stereocenters. The number of halogens is 2. The second-order valence-corrected chi connectivity index (χ2v) is 7.57. The van der Waals surface area contributed by atoms with E-state index in [4.69, 9.17) is 9.31 Å². The second kappa shape index (κ2) is 6.97. The maximum atomic E-state index is 13.6. The molecule has 0 saturated carbocycles. The molecule has 26 heavy (non-hydrogen) atoms. The topological polar surface area (TPSA) is 18.5 Å². The molecule has 0 aromatic heterocycles. The lowest BCUT2D eigenvalue weighted by atomic mass is 9.78. The van der Waals surface area contributed by atoms with Crippen LogP contribution in [0.5, 0.6) is 0 Å². The van der Waals surface area contributed by atoms with E-state index < -0.39 is 24.4 Å². The number of hydrogen-bond acceptors (Lipinski definition) is 2. The van der Waals surface area contributed by atoms with Gasteiger partial charge in [0.15, 0.2) is 0 Å². The zero-order valence-electron chi connectivity index (χ0n) is 15.6. The van der Waals surface area contributed by atoms with E-state index in [1.54, 1.807) is 12.1 Å². The van der Waals surface area contributed by atoms with Crippen LogP contribution in [0.15, 0.2) is 60.7 Å². The smallest absolute Gasteiger partial charge is 0.403 e. The Morgan fingerprint density at radius 1 is 0.808 bits per heavy atom. The van der Waals surface area contributed by atoms with Gasteiger partial charge in [-0.3, -0.25) is 0 Å². The van der Waals surface area contributed by atoms with Crippen LogP contribution in [-0.4, -0.2) is 18.3 Å². The van der Waals surface area contributed by atoms with Gasteiger partial charge in [-0.05, 0) is 44.4 Å². The first-order chi connectivity index (χ1) is 12.2. The first kappa shape index (κ1) is 18.8. The van der Waals surface area contributed by atoms with Gasteiger partial charge in [-0.2, -0.15) is 8.78 Å². The molecule has 0 bridgehead atoms. The number of benzene rings is 2. The monoisotopic (exact) mass is 356 g/mol. The average molecular weight is 356 g/mol. The molecule has 1 saturated heterocycles. The standard InChI is InChI=1S/C21H23BF2O2/c1-20(2)21(3,4)26-22(25-20)14-18(19(23)24)17-12-10-16(11-13-17)15-8-6-5-7-9-15/h5-13H,14H2,1-4H3. The summed E-state index contributed by atoms with van der Waals surface area (Å²) in [6, 6.07) is 17.0. The van der Waals surface area contributed by atoms with Crippen molar-refractivity contribution in [1.29, 1.82) is 0 Å². The van der Waals surface area contributed by atoms with Crippen molar-refractivity contribution in [2.45, 2.75) is 45.2 Å². The fraction of sp³-hybridized carbons (Fsp3) is 0.333. The molecule has 1 fully saturated rings. The SMILES string of the molecule is CC1(C)OB(CC(=C(F)F)c2ccc(-c3ccccc3)cc2)OC1(C)C. The maximum absolute atomic E-state index is 13.6. The Balaban J connectivity index is 1.81. The summed E-state index contributed by atoms with van der Waals surface area (Å²) < 4.78 is 39.0. The van der Waals surface area contributed by atoms with Crippen LogP contribution < -0.4 is 0 Å². The van der Waals surface area contributed by atoms with E-state index in [9.17, 15) is 8.78 Å². The van der Waals surface area contributed by atoms with Crippen LogP contribution in [-0.2, 0) is 9.31 Å². The minimum Gasteiger partial charge on any atom is -0.403 e. The molecular formula is C21H23BF2O2. The molecule has 1 heterocycles. The minimum absolute atomic E-state index is 0.0138. The molecule has 2 aromatic rings. The Labute approximate surface area is 154 Å². The fourth-order valence-electron chi connectivity index (χ4n) is 3.01. The van der Waals surface area contributed by atoms with Crippen LogP contribution >= 0.6 is 0 Å². The van der Waals surface area contributed by atoms with E-state index in [0.717, 1.165) is 11.1 Å². The first-order valence-corrected chi connectivity index (χ1v) is 8.75. The molecule has 0 amide bonds. The third kappa shape index (κ3) is 3.74. The summed E-state index contributed by atoms with van der Waals surface area (Å²) in [4.78, 5) is 0. The molecule has 1 aliphatic heterocycles. The number of allylic oxidation sites excluding steroid dienone is 1. The minimum atomic E-state index is -1.70. The van der Waals surface area contributed by atoms with Crippen LogP contribution in [0, 0.1) is 0 Å². The summed E-state index contributed by atoms with van der Waals surface area (Å²) in [7, 11) is -0.690. The summed E-state index contributed by atoms with van der Waals surface area (Å²) in [5, 5.41) is 0. The molecular weight excluding hydrogens is 333 g/mol. The van der Waals surface area contributed by atoms with Crippen molar-refractivity contribution in [3.63, 3.8) is 0 Å². The Kier molecular flexibility index (Phi) is 5.04. The van der Waals surface area contributed by atoms with Crippen LogP contribution in [0.25, 0.3) is 16.7 Å². The van der Waals surface area contributed by atoms with Crippen LogP contribution in [0.1, 0.15) is 33.3 Å². The van der Waals surface area contributed by atoms with E-state index in [2.05, 4.69) is 0 Å². The third-order valence-electron chi connectivity index (χ3n) is 5.24. The van der Waals surface area contributed by atoms with Gasteiger partial charge >= 0.3 is 7.12 Å². The van der Waals surface area contributed by atoms with Gasteiger partial charge in [0.2, 0.25) is 0 Å². The summed E-state index contributed by atoms with van der Waals surface area (Å²) in [5.74, 6) is 0. The molecule has 0 aliphatic carbocycles. The molecule has 3 rings (SSSR count). The van der Waals surface area contributed by atoms with E-state index in [1.807, 2.05) is 70.2 Å². The highest BCUT2D eigenvalue weighted by molar-refractivity contribution is 6.48. The first-order valence-electron chi connectivity index (χ1n) is 8.75. The van der Waals surface area contributed by atoms with Gasteiger partial charge in [-0.15, -0.1) is 0 Å². The Hall–Kier alpha value is -1.98. The lowest BCUT2D eigenvalue weighted by molar-refractivity contribution is 0.00578. The molecule has 136 valence electrons. The fourth-order valence-corrected chi connectivity index (χ4v) is 3.01. The highest BCUT2D eigenvalue weighted by atomic mass is 19.3. The Morgan fingerprint density at radius 3 is 1.81 bits per heavy atom. The van der Waals surface area contributed by atoms with E-state index in [-0.39, 0.29) is 11.9 Å². The van der Waals surface area contributed by atoms with Crippen LogP contribution in [0.4, 0.5) is 8.78 Å².